The molecule has 0 bridgehead atoms. The van der Waals surface area contributed by atoms with Crippen LogP contribution in [0, 0.1) is 6.92 Å². The first-order valence-electron chi connectivity index (χ1n) is 6.25. The molecule has 0 heterocycles. The smallest absolute Gasteiger partial charge is 0.335 e. The summed E-state index contributed by atoms with van der Waals surface area (Å²) in [6.07, 6.45) is 0. The zero-order valence-electron chi connectivity index (χ0n) is 11.2. The van der Waals surface area contributed by atoms with Gasteiger partial charge in [0, 0.05) is 4.90 Å². The Morgan fingerprint density at radius 3 is 2.65 bits per heavy atom. The van der Waals surface area contributed by atoms with Crippen LogP contribution in [0.3, 0.4) is 0 Å². The van der Waals surface area contributed by atoms with Crippen LogP contribution in [-0.4, -0.2) is 17.0 Å². The van der Waals surface area contributed by atoms with Crippen LogP contribution in [0.1, 0.15) is 21.5 Å². The molecular formula is C16H16O3S. The lowest BCUT2D eigenvalue weighted by atomic mass is 10.1. The summed E-state index contributed by atoms with van der Waals surface area (Å²) in [4.78, 5) is 12.0. The van der Waals surface area contributed by atoms with Gasteiger partial charge in [0.05, 0.1) is 18.1 Å². The number of aryl methyl sites for hydroxylation is 1. The van der Waals surface area contributed by atoms with Crippen LogP contribution < -0.4 is 0 Å². The van der Waals surface area contributed by atoms with Gasteiger partial charge in [0.1, 0.15) is 0 Å². The Morgan fingerprint density at radius 2 is 1.95 bits per heavy atom. The number of rotatable bonds is 6. The number of benzene rings is 2. The van der Waals surface area contributed by atoms with Gasteiger partial charge in [-0.3, -0.25) is 0 Å². The Labute approximate surface area is 122 Å². The summed E-state index contributed by atoms with van der Waals surface area (Å²) < 4.78 is 5.57. The Morgan fingerprint density at radius 1 is 1.20 bits per heavy atom. The Hall–Kier alpha value is -1.78. The van der Waals surface area contributed by atoms with Gasteiger partial charge in [-0.05, 0) is 30.2 Å². The summed E-state index contributed by atoms with van der Waals surface area (Å²) in [7, 11) is 0. The van der Waals surface area contributed by atoms with Crippen molar-refractivity contribution in [1.29, 1.82) is 0 Å². The van der Waals surface area contributed by atoms with E-state index in [2.05, 4.69) is 0 Å². The molecule has 0 aliphatic carbocycles. The number of aromatic carboxylic acids is 1. The van der Waals surface area contributed by atoms with E-state index in [0.29, 0.717) is 18.1 Å². The SMILES string of the molecule is Cc1ccc(SCOCc2ccccc2)cc1C(=O)O. The minimum absolute atomic E-state index is 0.345. The number of carbonyl (C=O) groups is 1. The van der Waals surface area contributed by atoms with Crippen LogP contribution >= 0.6 is 11.8 Å². The fourth-order valence-corrected chi connectivity index (χ4v) is 2.43. The third kappa shape index (κ3) is 4.11. The first-order chi connectivity index (χ1) is 9.66. The van der Waals surface area contributed by atoms with Crippen LogP contribution in [-0.2, 0) is 11.3 Å². The Bertz CT molecular complexity index is 582. The van der Waals surface area contributed by atoms with E-state index < -0.39 is 5.97 Å². The molecule has 0 radical (unpaired) electrons. The summed E-state index contributed by atoms with van der Waals surface area (Å²) >= 11 is 1.49. The third-order valence-corrected chi connectivity index (χ3v) is 3.73. The van der Waals surface area contributed by atoms with Crippen molar-refractivity contribution in [3.05, 3.63) is 65.2 Å². The molecule has 2 aromatic rings. The number of hydrogen-bond donors (Lipinski definition) is 1. The molecular weight excluding hydrogens is 272 g/mol. The molecule has 3 nitrogen and oxygen atoms in total. The van der Waals surface area contributed by atoms with Crippen molar-refractivity contribution in [2.24, 2.45) is 0 Å². The molecule has 0 saturated carbocycles. The minimum Gasteiger partial charge on any atom is -0.478 e. The van der Waals surface area contributed by atoms with E-state index in [0.717, 1.165) is 16.0 Å². The molecule has 0 aliphatic rings. The van der Waals surface area contributed by atoms with Gasteiger partial charge < -0.3 is 9.84 Å². The lowest BCUT2D eigenvalue weighted by Gasteiger charge is -2.06. The van der Waals surface area contributed by atoms with Crippen molar-refractivity contribution in [3.63, 3.8) is 0 Å². The van der Waals surface area contributed by atoms with Gasteiger partial charge >= 0.3 is 5.97 Å². The highest BCUT2D eigenvalue weighted by Crippen LogP contribution is 2.22. The molecule has 0 atom stereocenters. The molecule has 0 unspecified atom stereocenters. The normalized spacial score (nSPS) is 10.4. The van der Waals surface area contributed by atoms with Crippen molar-refractivity contribution in [1.82, 2.24) is 0 Å². The topological polar surface area (TPSA) is 46.5 Å². The van der Waals surface area contributed by atoms with Gasteiger partial charge in [-0.2, -0.15) is 0 Å². The maximum Gasteiger partial charge on any atom is 0.335 e. The lowest BCUT2D eigenvalue weighted by Crippen LogP contribution is -1.99. The Kier molecular flexibility index (Phi) is 5.21. The molecule has 0 amide bonds. The monoisotopic (exact) mass is 288 g/mol. The number of carboxylic acids is 1. The van der Waals surface area contributed by atoms with Gasteiger partial charge in [0.15, 0.2) is 0 Å². The highest BCUT2D eigenvalue weighted by Gasteiger charge is 2.07. The van der Waals surface area contributed by atoms with Crippen LogP contribution in [0.4, 0.5) is 0 Å². The molecule has 4 heteroatoms. The molecule has 104 valence electrons. The Balaban J connectivity index is 1.85. The van der Waals surface area contributed by atoms with Crippen LogP contribution in [0.2, 0.25) is 0 Å². The fraction of sp³-hybridized carbons (Fsp3) is 0.188. The van der Waals surface area contributed by atoms with E-state index >= 15 is 0 Å². The minimum atomic E-state index is -0.893. The number of hydrogen-bond acceptors (Lipinski definition) is 3. The molecule has 0 aromatic heterocycles. The lowest BCUT2D eigenvalue weighted by molar-refractivity contribution is 0.0696. The second-order valence-corrected chi connectivity index (χ2v) is 5.37. The highest BCUT2D eigenvalue weighted by molar-refractivity contribution is 7.99. The summed E-state index contributed by atoms with van der Waals surface area (Å²) in [6, 6.07) is 15.4. The molecule has 20 heavy (non-hydrogen) atoms. The first-order valence-corrected chi connectivity index (χ1v) is 7.24. The van der Waals surface area contributed by atoms with E-state index in [-0.39, 0.29) is 0 Å². The van der Waals surface area contributed by atoms with E-state index in [9.17, 15) is 4.79 Å². The molecule has 2 rings (SSSR count). The largest absolute Gasteiger partial charge is 0.478 e. The van der Waals surface area contributed by atoms with Gasteiger partial charge in [0.2, 0.25) is 0 Å². The van der Waals surface area contributed by atoms with Crippen molar-refractivity contribution in [2.75, 3.05) is 5.94 Å². The summed E-state index contributed by atoms with van der Waals surface area (Å²) in [5.41, 5.74) is 2.24. The van der Waals surface area contributed by atoms with E-state index in [1.54, 1.807) is 13.0 Å². The summed E-state index contributed by atoms with van der Waals surface area (Å²) in [6.45, 7) is 2.36. The first kappa shape index (κ1) is 14.6. The highest BCUT2D eigenvalue weighted by atomic mass is 32.2. The van der Waals surface area contributed by atoms with E-state index in [4.69, 9.17) is 9.84 Å². The maximum atomic E-state index is 11.0. The molecule has 0 aliphatic heterocycles. The average molecular weight is 288 g/mol. The second-order valence-electron chi connectivity index (χ2n) is 4.38. The summed E-state index contributed by atoms with van der Waals surface area (Å²) in [5.74, 6) is -0.396. The zero-order valence-corrected chi connectivity index (χ0v) is 12.0. The molecule has 2 aromatic carbocycles. The van der Waals surface area contributed by atoms with Crippen molar-refractivity contribution in [2.45, 2.75) is 18.4 Å². The predicted molar refractivity (Wildman–Crippen MR) is 80.1 cm³/mol. The maximum absolute atomic E-state index is 11.0. The molecule has 0 spiro atoms. The zero-order chi connectivity index (χ0) is 14.4. The van der Waals surface area contributed by atoms with E-state index in [1.807, 2.05) is 42.5 Å². The average Bonchev–Trinajstić information content (AvgIpc) is 2.46. The number of ether oxygens (including phenoxy) is 1. The fourth-order valence-electron chi connectivity index (χ4n) is 1.76. The van der Waals surface area contributed by atoms with Crippen molar-refractivity contribution in [3.8, 4) is 0 Å². The summed E-state index contributed by atoms with van der Waals surface area (Å²) in [5, 5.41) is 9.07. The van der Waals surface area contributed by atoms with Gasteiger partial charge in [-0.1, -0.05) is 48.2 Å². The van der Waals surface area contributed by atoms with Crippen molar-refractivity contribution >= 4 is 17.7 Å². The predicted octanol–water partition coefficient (Wildman–Crippen LogP) is 3.96. The number of carboxylic acid groups (broad SMARTS) is 1. The van der Waals surface area contributed by atoms with Crippen LogP contribution in [0.25, 0.3) is 0 Å². The van der Waals surface area contributed by atoms with Crippen molar-refractivity contribution < 1.29 is 14.6 Å². The molecule has 1 N–H and O–H groups in total. The van der Waals surface area contributed by atoms with Crippen LogP contribution in [0.15, 0.2) is 53.4 Å². The molecule has 0 fully saturated rings. The molecule has 0 saturated heterocycles. The third-order valence-electron chi connectivity index (χ3n) is 2.86. The van der Waals surface area contributed by atoms with Crippen LogP contribution in [0.5, 0.6) is 0 Å². The second kappa shape index (κ2) is 7.12. The standard InChI is InChI=1S/C16H16O3S/c1-12-7-8-14(9-15(12)16(17)18)20-11-19-10-13-5-3-2-4-6-13/h2-9H,10-11H2,1H3,(H,17,18). The number of thioether (sulfide) groups is 1. The van der Waals surface area contributed by atoms with E-state index in [1.165, 1.54) is 11.8 Å². The van der Waals surface area contributed by atoms with Gasteiger partial charge in [-0.15, -0.1) is 0 Å². The van der Waals surface area contributed by atoms with Gasteiger partial charge in [0.25, 0.3) is 0 Å². The van der Waals surface area contributed by atoms with Gasteiger partial charge in [-0.25, -0.2) is 4.79 Å². The quantitative estimate of drug-likeness (QED) is 0.496.